The first kappa shape index (κ1) is 21.5. The number of unbranched alkanes of at least 4 members (excludes halogenated alkanes) is 3. The lowest BCUT2D eigenvalue weighted by molar-refractivity contribution is 0.0941. The molecule has 2 rings (SSSR count). The van der Waals surface area contributed by atoms with E-state index in [1.807, 2.05) is 6.92 Å². The van der Waals surface area contributed by atoms with Crippen molar-refractivity contribution in [2.24, 2.45) is 7.05 Å². The molecule has 28 heavy (non-hydrogen) atoms. The van der Waals surface area contributed by atoms with Crippen LogP contribution in [-0.4, -0.2) is 22.3 Å². The van der Waals surface area contributed by atoms with Crippen molar-refractivity contribution in [3.63, 3.8) is 0 Å². The number of halogens is 1. The zero-order chi connectivity index (χ0) is 20.4. The lowest BCUT2D eigenvalue weighted by atomic mass is 10.2. The Kier molecular flexibility index (Phi) is 8.54. The molecule has 0 aliphatic carbocycles. The summed E-state index contributed by atoms with van der Waals surface area (Å²) in [4.78, 5) is 12.2. The Hall–Kier alpha value is -2.81. The van der Waals surface area contributed by atoms with Gasteiger partial charge in [-0.2, -0.15) is 5.10 Å². The molecule has 0 saturated heterocycles. The third-order valence-electron chi connectivity index (χ3n) is 4.20. The van der Waals surface area contributed by atoms with Crippen molar-refractivity contribution in [2.45, 2.75) is 52.5 Å². The smallest absolute Gasteiger partial charge is 0.269 e. The molecule has 150 valence electrons. The van der Waals surface area contributed by atoms with Crippen molar-refractivity contribution < 1.29 is 13.9 Å². The van der Waals surface area contributed by atoms with E-state index in [-0.39, 0.29) is 18.2 Å². The SMILES string of the molecule is CCCCC#CCCCOc1cccc(CNC(=O)c2cc(C)nn2C)c1F. The van der Waals surface area contributed by atoms with Gasteiger partial charge in [0.05, 0.1) is 12.3 Å². The molecule has 1 N–H and O–H groups in total. The summed E-state index contributed by atoms with van der Waals surface area (Å²) in [5.74, 6) is 5.69. The predicted molar refractivity (Wildman–Crippen MR) is 108 cm³/mol. The van der Waals surface area contributed by atoms with E-state index in [4.69, 9.17) is 4.74 Å². The minimum absolute atomic E-state index is 0.0784. The molecule has 0 radical (unpaired) electrons. The fraction of sp³-hybridized carbons (Fsp3) is 0.455. The first-order chi connectivity index (χ1) is 13.5. The predicted octanol–water partition coefficient (Wildman–Crippen LogP) is 4.15. The number of nitrogens with zero attached hydrogens (tertiary/aromatic N) is 2. The van der Waals surface area contributed by atoms with Crippen molar-refractivity contribution >= 4 is 5.91 Å². The van der Waals surface area contributed by atoms with Crippen LogP contribution in [0.5, 0.6) is 5.75 Å². The zero-order valence-corrected chi connectivity index (χ0v) is 16.8. The zero-order valence-electron chi connectivity index (χ0n) is 16.8. The van der Waals surface area contributed by atoms with E-state index in [1.165, 1.54) is 4.68 Å². The Morgan fingerprint density at radius 3 is 2.71 bits per heavy atom. The molecular weight excluding hydrogens is 357 g/mol. The van der Waals surface area contributed by atoms with Gasteiger partial charge < -0.3 is 10.1 Å². The van der Waals surface area contributed by atoms with E-state index in [9.17, 15) is 9.18 Å². The van der Waals surface area contributed by atoms with Gasteiger partial charge in [0.15, 0.2) is 11.6 Å². The Labute approximate surface area is 166 Å². The van der Waals surface area contributed by atoms with Gasteiger partial charge in [0, 0.05) is 32.0 Å². The summed E-state index contributed by atoms with van der Waals surface area (Å²) in [6, 6.07) is 6.64. The van der Waals surface area contributed by atoms with Crippen molar-refractivity contribution in [1.82, 2.24) is 15.1 Å². The Morgan fingerprint density at radius 2 is 2.04 bits per heavy atom. The number of carbonyl (C=O) groups excluding carboxylic acids is 1. The number of benzene rings is 1. The van der Waals surface area contributed by atoms with E-state index in [0.29, 0.717) is 17.9 Å². The van der Waals surface area contributed by atoms with Gasteiger partial charge in [-0.05, 0) is 31.9 Å². The van der Waals surface area contributed by atoms with Crippen molar-refractivity contribution in [2.75, 3.05) is 6.61 Å². The minimum atomic E-state index is -0.446. The molecular formula is C22H28FN3O2. The van der Waals surface area contributed by atoms with Crippen LogP contribution in [0.4, 0.5) is 4.39 Å². The van der Waals surface area contributed by atoms with E-state index in [0.717, 1.165) is 37.8 Å². The summed E-state index contributed by atoms with van der Waals surface area (Å²) >= 11 is 0. The molecule has 0 spiro atoms. The van der Waals surface area contributed by atoms with E-state index < -0.39 is 5.82 Å². The van der Waals surface area contributed by atoms with Crippen LogP contribution in [0, 0.1) is 24.6 Å². The van der Waals surface area contributed by atoms with E-state index in [2.05, 4.69) is 29.2 Å². The highest BCUT2D eigenvalue weighted by Gasteiger charge is 2.14. The second-order valence-electron chi connectivity index (χ2n) is 6.62. The maximum atomic E-state index is 14.6. The van der Waals surface area contributed by atoms with Crippen LogP contribution in [-0.2, 0) is 13.6 Å². The first-order valence-electron chi connectivity index (χ1n) is 9.67. The lowest BCUT2D eigenvalue weighted by Crippen LogP contribution is -2.25. The van der Waals surface area contributed by atoms with Crippen molar-refractivity contribution in [1.29, 1.82) is 0 Å². The van der Waals surface area contributed by atoms with Gasteiger partial charge in [0.2, 0.25) is 0 Å². The monoisotopic (exact) mass is 385 g/mol. The number of ether oxygens (including phenoxy) is 1. The fourth-order valence-corrected chi connectivity index (χ4v) is 2.68. The number of aromatic nitrogens is 2. The van der Waals surface area contributed by atoms with Crippen LogP contribution in [0.1, 0.15) is 60.8 Å². The van der Waals surface area contributed by atoms with Gasteiger partial charge in [-0.1, -0.05) is 25.5 Å². The molecule has 0 bridgehead atoms. The summed E-state index contributed by atoms with van der Waals surface area (Å²) in [6.45, 7) is 4.44. The standard InChI is InChI=1S/C22H28FN3O2/c1-4-5-6-7-8-9-10-14-28-20-13-11-12-18(21(20)23)16-24-22(27)19-15-17(2)25-26(19)3/h11-13,15H,4-6,9-10,14,16H2,1-3H3,(H,24,27). The number of amides is 1. The molecule has 0 unspecified atom stereocenters. The third kappa shape index (κ3) is 6.41. The van der Waals surface area contributed by atoms with E-state index >= 15 is 0 Å². The van der Waals surface area contributed by atoms with Gasteiger partial charge in [-0.25, -0.2) is 4.39 Å². The molecule has 6 heteroatoms. The largest absolute Gasteiger partial charge is 0.490 e. The molecule has 0 aliphatic heterocycles. The summed E-state index contributed by atoms with van der Waals surface area (Å²) in [6.07, 6.45) is 4.69. The van der Waals surface area contributed by atoms with Crippen LogP contribution >= 0.6 is 0 Å². The van der Waals surface area contributed by atoms with Crippen LogP contribution in [0.15, 0.2) is 24.3 Å². The first-order valence-corrected chi connectivity index (χ1v) is 9.67. The lowest BCUT2D eigenvalue weighted by Gasteiger charge is -2.11. The Bertz CT molecular complexity index is 849. The molecule has 1 amide bonds. The summed E-state index contributed by atoms with van der Waals surface area (Å²) in [5, 5.41) is 6.87. The number of rotatable bonds is 9. The summed E-state index contributed by atoms with van der Waals surface area (Å²) in [7, 11) is 1.70. The normalized spacial score (nSPS) is 10.3. The fourth-order valence-electron chi connectivity index (χ4n) is 2.68. The van der Waals surface area contributed by atoms with Gasteiger partial charge in [0.25, 0.3) is 5.91 Å². The van der Waals surface area contributed by atoms with Gasteiger partial charge in [-0.3, -0.25) is 9.48 Å². The number of carbonyl (C=O) groups is 1. The summed E-state index contributed by atoms with van der Waals surface area (Å²) < 4.78 is 21.7. The molecule has 1 aromatic carbocycles. The molecule has 0 fully saturated rings. The minimum Gasteiger partial charge on any atom is -0.490 e. The molecule has 1 aromatic heterocycles. The number of nitrogens with one attached hydrogen (secondary N) is 1. The average Bonchev–Trinajstić information content (AvgIpc) is 3.02. The number of hydrogen-bond acceptors (Lipinski definition) is 3. The third-order valence-corrected chi connectivity index (χ3v) is 4.20. The maximum absolute atomic E-state index is 14.6. The Balaban J connectivity index is 1.84. The molecule has 1 heterocycles. The highest BCUT2D eigenvalue weighted by Crippen LogP contribution is 2.21. The van der Waals surface area contributed by atoms with E-state index in [1.54, 1.807) is 31.3 Å². The van der Waals surface area contributed by atoms with Gasteiger partial charge >= 0.3 is 0 Å². The second kappa shape index (κ2) is 11.1. The van der Waals surface area contributed by atoms with Gasteiger partial charge in [0.1, 0.15) is 5.69 Å². The maximum Gasteiger partial charge on any atom is 0.269 e. The van der Waals surface area contributed by atoms with Gasteiger partial charge in [-0.15, -0.1) is 11.8 Å². The van der Waals surface area contributed by atoms with Crippen molar-refractivity contribution in [3.05, 3.63) is 47.0 Å². The van der Waals surface area contributed by atoms with Crippen LogP contribution in [0.25, 0.3) is 0 Å². The molecule has 0 atom stereocenters. The quantitative estimate of drug-likeness (QED) is 0.521. The van der Waals surface area contributed by atoms with Crippen LogP contribution in [0.2, 0.25) is 0 Å². The Morgan fingerprint density at radius 1 is 1.29 bits per heavy atom. The molecule has 0 saturated carbocycles. The highest BCUT2D eigenvalue weighted by atomic mass is 19.1. The number of hydrogen-bond donors (Lipinski definition) is 1. The molecule has 0 aliphatic rings. The highest BCUT2D eigenvalue weighted by molar-refractivity contribution is 5.92. The topological polar surface area (TPSA) is 56.1 Å². The average molecular weight is 385 g/mol. The molecule has 2 aromatic rings. The second-order valence-corrected chi connectivity index (χ2v) is 6.62. The summed E-state index contributed by atoms with van der Waals surface area (Å²) in [5.41, 5.74) is 1.57. The number of aryl methyl sites for hydroxylation is 2. The van der Waals surface area contributed by atoms with Crippen molar-refractivity contribution in [3.8, 4) is 17.6 Å². The molecule has 5 nitrogen and oxygen atoms in total. The van der Waals surface area contributed by atoms with Crippen LogP contribution < -0.4 is 10.1 Å². The van der Waals surface area contributed by atoms with Crippen LogP contribution in [0.3, 0.4) is 0 Å².